The van der Waals surface area contributed by atoms with Gasteiger partial charge in [0.15, 0.2) is 0 Å². The Labute approximate surface area is 341 Å². The van der Waals surface area contributed by atoms with Crippen LogP contribution in [-0.2, 0) is 5.41 Å². The summed E-state index contributed by atoms with van der Waals surface area (Å²) < 4.78 is 7.46. The molecule has 11 aromatic rings. The van der Waals surface area contributed by atoms with Crippen LogP contribution in [0.4, 0.5) is 11.4 Å². The van der Waals surface area contributed by atoms with Crippen LogP contribution in [0, 0.1) is 0 Å². The van der Waals surface area contributed by atoms with Gasteiger partial charge >= 0.3 is 0 Å². The molecular weight excluding hydrogens is 717 g/mol. The topological polar surface area (TPSA) is 18.0 Å². The van der Waals surface area contributed by atoms with Crippen molar-refractivity contribution in [1.29, 1.82) is 0 Å². The highest BCUT2D eigenvalue weighted by Crippen LogP contribution is 2.60. The quantitative estimate of drug-likeness (QED) is 0.175. The summed E-state index contributed by atoms with van der Waals surface area (Å²) in [7, 11) is 0. The number of aromatic nitrogens is 3. The number of para-hydroxylation sites is 6. The molecule has 0 saturated carbocycles. The number of hydrogen-bond acceptors (Lipinski definition) is 1. The van der Waals surface area contributed by atoms with Gasteiger partial charge in [-0.3, -0.25) is 0 Å². The molecule has 2 atom stereocenters. The van der Waals surface area contributed by atoms with Gasteiger partial charge in [-0.25, -0.2) is 0 Å². The van der Waals surface area contributed by atoms with E-state index in [0.29, 0.717) is 0 Å². The third-order valence-electron chi connectivity index (χ3n) is 13.3. The first-order valence-corrected chi connectivity index (χ1v) is 20.6. The highest BCUT2D eigenvalue weighted by atomic mass is 15.2. The summed E-state index contributed by atoms with van der Waals surface area (Å²) in [6, 6.07) is 71.3. The molecule has 0 amide bonds. The summed E-state index contributed by atoms with van der Waals surface area (Å²) in [6.45, 7) is 2.42. The van der Waals surface area contributed by atoms with Gasteiger partial charge in [-0.1, -0.05) is 133 Å². The van der Waals surface area contributed by atoms with Crippen LogP contribution in [0.2, 0.25) is 0 Å². The molecule has 0 fully saturated rings. The zero-order valence-electron chi connectivity index (χ0n) is 32.5. The Morgan fingerprint density at radius 3 is 1.46 bits per heavy atom. The van der Waals surface area contributed by atoms with E-state index in [1.165, 1.54) is 88.4 Å². The SMILES string of the molecule is CC12C=Cc3c(n(-c4ccccc4)c4ccccc34)C1N(c1ccc(-n3c4ccccc4c4ccc5c6ccccc6n(-c6ccccc6)c5c43)cc1)c1ccccc12. The maximum atomic E-state index is 2.61. The molecule has 2 aliphatic rings. The van der Waals surface area contributed by atoms with Crippen molar-refractivity contribution in [2.24, 2.45) is 0 Å². The molecule has 4 heterocycles. The lowest BCUT2D eigenvalue weighted by atomic mass is 9.73. The van der Waals surface area contributed by atoms with E-state index in [4.69, 9.17) is 0 Å². The summed E-state index contributed by atoms with van der Waals surface area (Å²) in [5, 5.41) is 6.28. The van der Waals surface area contributed by atoms with Gasteiger partial charge in [-0.2, -0.15) is 0 Å². The van der Waals surface area contributed by atoms with Crippen molar-refractivity contribution in [3.63, 3.8) is 0 Å². The van der Waals surface area contributed by atoms with E-state index >= 15 is 0 Å². The molecule has 0 saturated heterocycles. The van der Waals surface area contributed by atoms with E-state index in [0.717, 1.165) is 11.4 Å². The lowest BCUT2D eigenvalue weighted by Gasteiger charge is -2.39. The van der Waals surface area contributed by atoms with Gasteiger partial charge in [0.05, 0.1) is 39.3 Å². The molecule has 0 radical (unpaired) electrons. The Morgan fingerprint density at radius 2 is 0.847 bits per heavy atom. The molecule has 4 heteroatoms. The first kappa shape index (κ1) is 32.5. The zero-order valence-corrected chi connectivity index (χ0v) is 32.5. The number of fused-ring (bicyclic) bond motifs is 14. The maximum absolute atomic E-state index is 2.61. The Hall–Kier alpha value is -7.56. The fourth-order valence-corrected chi connectivity index (χ4v) is 10.8. The number of benzene rings is 8. The highest BCUT2D eigenvalue weighted by Gasteiger charge is 2.51. The van der Waals surface area contributed by atoms with Crippen molar-refractivity contribution in [3.8, 4) is 17.1 Å². The Morgan fingerprint density at radius 1 is 0.390 bits per heavy atom. The predicted octanol–water partition coefficient (Wildman–Crippen LogP) is 14.0. The fourth-order valence-electron chi connectivity index (χ4n) is 10.8. The Bertz CT molecular complexity index is 3510. The van der Waals surface area contributed by atoms with E-state index in [1.54, 1.807) is 0 Å². The largest absolute Gasteiger partial charge is 0.331 e. The van der Waals surface area contributed by atoms with Crippen LogP contribution in [0.25, 0.3) is 77.7 Å². The molecule has 3 aromatic heterocycles. The fraction of sp³-hybridized carbons (Fsp3) is 0.0545. The Kier molecular flexibility index (Phi) is 6.60. The van der Waals surface area contributed by atoms with Crippen LogP contribution in [0.5, 0.6) is 0 Å². The van der Waals surface area contributed by atoms with Crippen LogP contribution in [0.3, 0.4) is 0 Å². The molecule has 8 aromatic carbocycles. The van der Waals surface area contributed by atoms with Gasteiger partial charge in [0.2, 0.25) is 0 Å². The van der Waals surface area contributed by atoms with Crippen molar-refractivity contribution >= 4 is 72.0 Å². The van der Waals surface area contributed by atoms with Crippen molar-refractivity contribution < 1.29 is 0 Å². The van der Waals surface area contributed by atoms with E-state index in [9.17, 15) is 0 Å². The lowest BCUT2D eigenvalue weighted by Crippen LogP contribution is -2.35. The average molecular weight is 755 g/mol. The molecule has 0 N–H and O–H groups in total. The number of anilines is 2. The third kappa shape index (κ3) is 4.32. The van der Waals surface area contributed by atoms with Gasteiger partial charge in [-0.15, -0.1) is 0 Å². The average Bonchev–Trinajstić information content (AvgIpc) is 4.01. The van der Waals surface area contributed by atoms with Crippen LogP contribution < -0.4 is 4.90 Å². The number of nitrogens with zero attached hydrogens (tertiary/aromatic N) is 4. The third-order valence-corrected chi connectivity index (χ3v) is 13.3. The molecular formula is C55H38N4. The normalized spacial score (nSPS) is 17.0. The predicted molar refractivity (Wildman–Crippen MR) is 246 cm³/mol. The Balaban J connectivity index is 1.05. The molecule has 1 aliphatic heterocycles. The van der Waals surface area contributed by atoms with Crippen molar-refractivity contribution in [1.82, 2.24) is 13.7 Å². The smallest absolute Gasteiger partial charge is 0.0882 e. The van der Waals surface area contributed by atoms with Crippen molar-refractivity contribution in [2.45, 2.75) is 18.4 Å². The molecule has 13 rings (SSSR count). The summed E-state index contributed by atoms with van der Waals surface area (Å²) in [4.78, 5) is 2.61. The molecule has 0 spiro atoms. The van der Waals surface area contributed by atoms with Crippen LogP contribution in [0.15, 0.2) is 200 Å². The summed E-state index contributed by atoms with van der Waals surface area (Å²) in [5.41, 5.74) is 15.7. The monoisotopic (exact) mass is 754 g/mol. The maximum Gasteiger partial charge on any atom is 0.0882 e. The second-order valence-corrected chi connectivity index (χ2v) is 16.3. The molecule has 59 heavy (non-hydrogen) atoms. The first-order chi connectivity index (χ1) is 29.2. The van der Waals surface area contributed by atoms with E-state index in [2.05, 4.69) is 232 Å². The van der Waals surface area contributed by atoms with Crippen molar-refractivity contribution in [2.75, 3.05) is 4.90 Å². The molecule has 0 bridgehead atoms. The second-order valence-electron chi connectivity index (χ2n) is 16.3. The van der Waals surface area contributed by atoms with Gasteiger partial charge in [0.1, 0.15) is 0 Å². The summed E-state index contributed by atoms with van der Waals surface area (Å²) in [6.07, 6.45) is 4.85. The number of rotatable bonds is 4. The highest BCUT2D eigenvalue weighted by molar-refractivity contribution is 6.23. The van der Waals surface area contributed by atoms with Crippen molar-refractivity contribution in [3.05, 3.63) is 217 Å². The van der Waals surface area contributed by atoms with Gasteiger partial charge < -0.3 is 18.6 Å². The first-order valence-electron chi connectivity index (χ1n) is 20.6. The van der Waals surface area contributed by atoms with Crippen LogP contribution in [-0.4, -0.2) is 13.7 Å². The second kappa shape index (κ2) is 12.0. The molecule has 2 unspecified atom stereocenters. The lowest BCUT2D eigenvalue weighted by molar-refractivity contribution is 0.484. The number of hydrogen-bond donors (Lipinski definition) is 0. The van der Waals surface area contributed by atoms with E-state index in [1.807, 2.05) is 0 Å². The minimum Gasteiger partial charge on any atom is -0.331 e. The summed E-state index contributed by atoms with van der Waals surface area (Å²) >= 11 is 0. The van der Waals surface area contributed by atoms with Gasteiger partial charge in [0, 0.05) is 66.3 Å². The van der Waals surface area contributed by atoms with Gasteiger partial charge in [-0.05, 0) is 85.3 Å². The van der Waals surface area contributed by atoms with Gasteiger partial charge in [0.25, 0.3) is 0 Å². The standard InChI is InChI=1S/C55H38N4/c1-55-35-34-45-42-22-10-14-26-49(42)58(37-18-6-3-7-19-37)53(45)54(55)59(50-27-15-11-23-46(50)55)39-30-28-38(29-31-39)57-48-25-13-9-21-41(48)44-33-32-43-40-20-8-12-24-47(40)56(51(43)52(44)57)36-16-4-2-5-17-36/h2-35,54H,1H3. The zero-order chi connectivity index (χ0) is 38.8. The summed E-state index contributed by atoms with van der Waals surface area (Å²) in [5.74, 6) is 0. The minimum atomic E-state index is -0.257. The molecule has 278 valence electrons. The van der Waals surface area contributed by atoms with E-state index < -0.39 is 0 Å². The van der Waals surface area contributed by atoms with E-state index in [-0.39, 0.29) is 11.5 Å². The molecule has 4 nitrogen and oxygen atoms in total. The molecule has 1 aliphatic carbocycles. The van der Waals surface area contributed by atoms with Crippen LogP contribution >= 0.6 is 0 Å². The minimum absolute atomic E-state index is 0.0211. The van der Waals surface area contributed by atoms with Crippen LogP contribution in [0.1, 0.15) is 29.8 Å².